The number of amides is 1. The predicted octanol–water partition coefficient (Wildman–Crippen LogP) is 0.997. The van der Waals surface area contributed by atoms with Crippen LogP contribution in [0, 0.1) is 5.92 Å². The van der Waals surface area contributed by atoms with E-state index in [1.165, 1.54) is 0 Å². The van der Waals surface area contributed by atoms with Crippen molar-refractivity contribution >= 4 is 27.8 Å². The summed E-state index contributed by atoms with van der Waals surface area (Å²) in [5, 5.41) is 10.6. The molecule has 0 heterocycles. The lowest BCUT2D eigenvalue weighted by atomic mass is 10.1. The largest absolute Gasteiger partial charge is 0.480 e. The van der Waals surface area contributed by atoms with Crippen LogP contribution in [0.4, 0.5) is 0 Å². The van der Waals surface area contributed by atoms with Gasteiger partial charge in [-0.2, -0.15) is 0 Å². The Morgan fingerprint density at radius 3 is 2.38 bits per heavy atom. The number of carbonyl (C=O) groups excluding carboxylic acids is 1. The monoisotopic (exact) mass is 251 g/mol. The van der Waals surface area contributed by atoms with Crippen molar-refractivity contribution in [2.75, 3.05) is 6.54 Å². The minimum absolute atomic E-state index is 0.267. The first kappa shape index (κ1) is 12.4. The maximum Gasteiger partial charge on any atom is 0.322 e. The van der Waals surface area contributed by atoms with E-state index in [1.807, 2.05) is 13.8 Å². The van der Waals surface area contributed by atoms with E-state index in [0.29, 0.717) is 12.3 Å². The highest BCUT2D eigenvalue weighted by Gasteiger charge is 2.16. The Hall–Kier alpha value is -0.580. The van der Waals surface area contributed by atoms with Gasteiger partial charge in [-0.15, -0.1) is 0 Å². The molecule has 0 radical (unpaired) electrons. The Kier molecular flexibility index (Phi) is 5.70. The zero-order chi connectivity index (χ0) is 10.4. The van der Waals surface area contributed by atoms with E-state index in [4.69, 9.17) is 5.11 Å². The van der Waals surface area contributed by atoms with Crippen molar-refractivity contribution in [2.24, 2.45) is 5.92 Å². The fourth-order valence-corrected chi connectivity index (χ4v) is 1.70. The molecule has 0 aliphatic rings. The van der Waals surface area contributed by atoms with Crippen molar-refractivity contribution in [1.82, 2.24) is 5.32 Å². The SMILES string of the molecule is CC(C)C[C@@H](Br)C(=O)NCC(=O)O. The molecule has 13 heavy (non-hydrogen) atoms. The van der Waals surface area contributed by atoms with E-state index in [1.54, 1.807) is 0 Å². The molecule has 4 nitrogen and oxygen atoms in total. The summed E-state index contributed by atoms with van der Waals surface area (Å²) in [7, 11) is 0. The van der Waals surface area contributed by atoms with Gasteiger partial charge in [-0.1, -0.05) is 29.8 Å². The van der Waals surface area contributed by atoms with Gasteiger partial charge in [-0.05, 0) is 12.3 Å². The van der Waals surface area contributed by atoms with Crippen LogP contribution in [0.5, 0.6) is 0 Å². The fourth-order valence-electron chi connectivity index (χ4n) is 0.794. The van der Waals surface area contributed by atoms with Gasteiger partial charge in [0.2, 0.25) is 5.91 Å². The highest BCUT2D eigenvalue weighted by molar-refractivity contribution is 9.10. The molecule has 0 saturated carbocycles. The van der Waals surface area contributed by atoms with Gasteiger partial charge in [0, 0.05) is 0 Å². The fraction of sp³-hybridized carbons (Fsp3) is 0.750. The van der Waals surface area contributed by atoms with Crippen molar-refractivity contribution in [1.29, 1.82) is 0 Å². The van der Waals surface area contributed by atoms with Gasteiger partial charge in [0.25, 0.3) is 0 Å². The number of halogens is 1. The van der Waals surface area contributed by atoms with Gasteiger partial charge < -0.3 is 10.4 Å². The van der Waals surface area contributed by atoms with E-state index in [-0.39, 0.29) is 17.3 Å². The first-order chi connectivity index (χ1) is 5.93. The quantitative estimate of drug-likeness (QED) is 0.717. The molecular weight excluding hydrogens is 238 g/mol. The predicted molar refractivity (Wildman–Crippen MR) is 52.8 cm³/mol. The van der Waals surface area contributed by atoms with Gasteiger partial charge >= 0.3 is 5.97 Å². The summed E-state index contributed by atoms with van der Waals surface area (Å²) in [5.74, 6) is -0.895. The highest BCUT2D eigenvalue weighted by Crippen LogP contribution is 2.12. The van der Waals surface area contributed by atoms with Crippen molar-refractivity contribution < 1.29 is 14.7 Å². The molecule has 0 aromatic heterocycles. The van der Waals surface area contributed by atoms with E-state index >= 15 is 0 Å². The van der Waals surface area contributed by atoms with Crippen LogP contribution in [0.1, 0.15) is 20.3 Å². The zero-order valence-electron chi connectivity index (χ0n) is 7.71. The summed E-state index contributed by atoms with van der Waals surface area (Å²) < 4.78 is 0. The number of rotatable bonds is 5. The molecule has 0 bridgehead atoms. The van der Waals surface area contributed by atoms with Gasteiger partial charge in [0.15, 0.2) is 0 Å². The standard InChI is InChI=1S/C8H14BrNO3/c1-5(2)3-6(9)8(13)10-4-7(11)12/h5-6H,3-4H2,1-2H3,(H,10,13)(H,11,12)/t6-/m1/s1. The molecule has 0 saturated heterocycles. The minimum Gasteiger partial charge on any atom is -0.480 e. The summed E-state index contributed by atoms with van der Waals surface area (Å²) in [5.41, 5.74) is 0. The summed E-state index contributed by atoms with van der Waals surface area (Å²) in [6.45, 7) is 3.68. The average Bonchev–Trinajstić information content (AvgIpc) is 1.98. The second kappa shape index (κ2) is 5.96. The molecule has 0 unspecified atom stereocenters. The Labute approximate surface area is 85.8 Å². The maximum absolute atomic E-state index is 11.2. The van der Waals surface area contributed by atoms with E-state index in [2.05, 4.69) is 21.2 Å². The van der Waals surface area contributed by atoms with Gasteiger partial charge in [-0.3, -0.25) is 9.59 Å². The first-order valence-corrected chi connectivity index (χ1v) is 4.98. The van der Waals surface area contributed by atoms with Crippen LogP contribution >= 0.6 is 15.9 Å². The van der Waals surface area contributed by atoms with Crippen LogP contribution in [0.3, 0.4) is 0 Å². The molecule has 0 fully saturated rings. The highest BCUT2D eigenvalue weighted by atomic mass is 79.9. The Morgan fingerprint density at radius 2 is 2.00 bits per heavy atom. The van der Waals surface area contributed by atoms with E-state index in [9.17, 15) is 9.59 Å². The topological polar surface area (TPSA) is 66.4 Å². The molecular formula is C8H14BrNO3. The Morgan fingerprint density at radius 1 is 1.46 bits per heavy atom. The van der Waals surface area contributed by atoms with Crippen LogP contribution in [0.25, 0.3) is 0 Å². The normalized spacial score (nSPS) is 12.6. The van der Waals surface area contributed by atoms with Crippen LogP contribution in [0.2, 0.25) is 0 Å². The van der Waals surface area contributed by atoms with Crippen molar-refractivity contribution in [3.63, 3.8) is 0 Å². The van der Waals surface area contributed by atoms with Crippen LogP contribution in [0.15, 0.2) is 0 Å². The van der Waals surface area contributed by atoms with Gasteiger partial charge in [-0.25, -0.2) is 0 Å². The summed E-state index contributed by atoms with van der Waals surface area (Å²) >= 11 is 3.19. The lowest BCUT2D eigenvalue weighted by molar-refractivity contribution is -0.137. The molecule has 0 rings (SSSR count). The Bertz CT molecular complexity index is 194. The number of carboxylic acid groups (broad SMARTS) is 1. The molecule has 0 aliphatic carbocycles. The number of nitrogens with one attached hydrogen (secondary N) is 1. The van der Waals surface area contributed by atoms with Crippen molar-refractivity contribution in [3.8, 4) is 0 Å². The van der Waals surface area contributed by atoms with Crippen molar-refractivity contribution in [3.05, 3.63) is 0 Å². The third-order valence-corrected chi connectivity index (χ3v) is 2.17. The average molecular weight is 252 g/mol. The number of hydrogen-bond acceptors (Lipinski definition) is 2. The van der Waals surface area contributed by atoms with E-state index in [0.717, 1.165) is 0 Å². The molecule has 2 N–H and O–H groups in total. The Balaban J connectivity index is 3.76. The summed E-state index contributed by atoms with van der Waals surface area (Å²) in [4.78, 5) is 21.0. The summed E-state index contributed by atoms with van der Waals surface area (Å²) in [6, 6.07) is 0. The molecule has 5 heteroatoms. The molecule has 0 spiro atoms. The van der Waals surface area contributed by atoms with Crippen LogP contribution < -0.4 is 5.32 Å². The molecule has 1 amide bonds. The lowest BCUT2D eigenvalue weighted by Crippen LogP contribution is -2.35. The number of aliphatic carboxylic acids is 1. The zero-order valence-corrected chi connectivity index (χ0v) is 9.30. The first-order valence-electron chi connectivity index (χ1n) is 4.07. The van der Waals surface area contributed by atoms with Gasteiger partial charge in [0.1, 0.15) is 6.54 Å². The maximum atomic E-state index is 11.2. The second-order valence-corrected chi connectivity index (χ2v) is 4.31. The van der Waals surface area contributed by atoms with Gasteiger partial charge in [0.05, 0.1) is 4.83 Å². The lowest BCUT2D eigenvalue weighted by Gasteiger charge is -2.11. The van der Waals surface area contributed by atoms with E-state index < -0.39 is 5.97 Å². The van der Waals surface area contributed by atoms with Crippen LogP contribution in [-0.4, -0.2) is 28.4 Å². The van der Waals surface area contributed by atoms with Crippen LogP contribution in [-0.2, 0) is 9.59 Å². The molecule has 0 aliphatic heterocycles. The number of hydrogen-bond donors (Lipinski definition) is 2. The molecule has 76 valence electrons. The second-order valence-electron chi connectivity index (χ2n) is 3.21. The summed E-state index contributed by atoms with van der Waals surface area (Å²) in [6.07, 6.45) is 0.700. The third-order valence-electron chi connectivity index (χ3n) is 1.38. The minimum atomic E-state index is -1.03. The van der Waals surface area contributed by atoms with Crippen molar-refractivity contribution in [2.45, 2.75) is 25.1 Å². The molecule has 0 aromatic carbocycles. The smallest absolute Gasteiger partial charge is 0.322 e. The number of carbonyl (C=O) groups is 2. The number of carboxylic acids is 1. The molecule has 0 aromatic rings. The molecule has 1 atom stereocenters. The number of alkyl halides is 1. The third kappa shape index (κ3) is 6.57.